The molecule has 0 aliphatic rings. The first-order valence-electron chi connectivity index (χ1n) is 9.96. The Balaban J connectivity index is 2.06. The summed E-state index contributed by atoms with van der Waals surface area (Å²) in [6, 6.07) is 9.76. The molecule has 0 saturated carbocycles. The number of hydrogen-bond acceptors (Lipinski definition) is 4. The lowest BCUT2D eigenvalue weighted by Gasteiger charge is -2.21. The van der Waals surface area contributed by atoms with E-state index in [4.69, 9.17) is 33.2 Å². The predicted molar refractivity (Wildman–Crippen MR) is 123 cm³/mol. The summed E-state index contributed by atoms with van der Waals surface area (Å²) in [5.41, 5.74) is -0.600. The average molecular weight is 498 g/mol. The maximum atomic E-state index is 14.8. The molecule has 0 spiro atoms. The number of nitriles is 1. The topological polar surface area (TPSA) is 91.2 Å². The van der Waals surface area contributed by atoms with Gasteiger partial charge in [0.15, 0.2) is 0 Å². The van der Waals surface area contributed by atoms with Crippen molar-refractivity contribution < 1.29 is 23.1 Å². The van der Waals surface area contributed by atoms with E-state index in [0.29, 0.717) is 0 Å². The van der Waals surface area contributed by atoms with Gasteiger partial charge in [0.1, 0.15) is 6.07 Å². The quantitative estimate of drug-likeness (QED) is 0.426. The maximum Gasteiger partial charge on any atom is 0.407 e. The van der Waals surface area contributed by atoms with E-state index in [1.807, 2.05) is 6.07 Å². The van der Waals surface area contributed by atoms with Crippen molar-refractivity contribution >= 4 is 40.9 Å². The second-order valence-electron chi connectivity index (χ2n) is 8.27. The van der Waals surface area contributed by atoms with Crippen LogP contribution in [0, 0.1) is 11.3 Å². The molecule has 0 aliphatic carbocycles. The van der Waals surface area contributed by atoms with E-state index in [-0.39, 0.29) is 39.9 Å². The number of alkyl halides is 2. The molecule has 0 aliphatic heterocycles. The van der Waals surface area contributed by atoms with Gasteiger partial charge in [0, 0.05) is 33.8 Å². The molecule has 2 N–H and O–H groups in total. The number of anilines is 1. The van der Waals surface area contributed by atoms with E-state index < -0.39 is 35.4 Å². The summed E-state index contributed by atoms with van der Waals surface area (Å²) in [6.45, 7) is 5.10. The van der Waals surface area contributed by atoms with Crippen molar-refractivity contribution in [3.63, 3.8) is 0 Å². The average Bonchev–Trinajstić information content (AvgIpc) is 2.71. The zero-order valence-electron chi connectivity index (χ0n) is 18.3. The Labute approximate surface area is 200 Å². The number of carbonyl (C=O) groups excluding carboxylic acids is 2. The Bertz CT molecular complexity index is 1080. The van der Waals surface area contributed by atoms with Crippen molar-refractivity contribution in [3.05, 3.63) is 63.1 Å². The largest absolute Gasteiger partial charge is 0.450 e. The van der Waals surface area contributed by atoms with Crippen LogP contribution in [0.4, 0.5) is 19.3 Å². The molecule has 2 aromatic carbocycles. The number of carbonyl (C=O) groups is 2. The molecular weight excluding hydrogens is 475 g/mol. The van der Waals surface area contributed by atoms with E-state index in [2.05, 4.69) is 10.6 Å². The third-order valence-corrected chi connectivity index (χ3v) is 4.97. The molecule has 33 heavy (non-hydrogen) atoms. The van der Waals surface area contributed by atoms with Crippen LogP contribution < -0.4 is 10.6 Å². The molecule has 2 aromatic rings. The van der Waals surface area contributed by atoms with Crippen molar-refractivity contribution in [1.29, 1.82) is 5.26 Å². The van der Waals surface area contributed by atoms with Gasteiger partial charge in [-0.1, -0.05) is 23.2 Å². The highest BCUT2D eigenvalue weighted by Gasteiger charge is 2.34. The SMILES string of the molecule is CC(C)(C)NC(=O)OCCCC(F)(F)c1cc(C(=O)Nc2ccc(Cl)c(C#N)c2)ccc1Cl. The smallest absolute Gasteiger partial charge is 0.407 e. The fraction of sp³-hybridized carbons (Fsp3) is 0.348. The number of benzene rings is 2. The summed E-state index contributed by atoms with van der Waals surface area (Å²) in [4.78, 5) is 24.2. The Hall–Kier alpha value is -2.89. The fourth-order valence-corrected chi connectivity index (χ4v) is 3.19. The number of halogens is 4. The van der Waals surface area contributed by atoms with Crippen LogP contribution in [-0.2, 0) is 10.7 Å². The van der Waals surface area contributed by atoms with E-state index in [9.17, 15) is 18.4 Å². The lowest BCUT2D eigenvalue weighted by molar-refractivity contribution is -0.0196. The van der Waals surface area contributed by atoms with Gasteiger partial charge in [-0.2, -0.15) is 5.26 Å². The molecule has 2 rings (SSSR count). The van der Waals surface area contributed by atoms with Crippen LogP contribution in [0.1, 0.15) is 55.1 Å². The minimum Gasteiger partial charge on any atom is -0.450 e. The molecule has 0 atom stereocenters. The van der Waals surface area contributed by atoms with Gasteiger partial charge in [0.05, 0.1) is 17.2 Å². The highest BCUT2D eigenvalue weighted by Crippen LogP contribution is 2.38. The second-order valence-corrected chi connectivity index (χ2v) is 9.09. The van der Waals surface area contributed by atoms with Gasteiger partial charge in [-0.05, 0) is 63.6 Å². The molecule has 0 fully saturated rings. The van der Waals surface area contributed by atoms with Gasteiger partial charge in [0.25, 0.3) is 11.8 Å². The molecular formula is C23H23Cl2F2N3O3. The molecule has 0 aromatic heterocycles. The number of hydrogen-bond donors (Lipinski definition) is 2. The number of amides is 2. The predicted octanol–water partition coefficient (Wildman–Crippen LogP) is 6.51. The zero-order valence-corrected chi connectivity index (χ0v) is 19.8. The van der Waals surface area contributed by atoms with Gasteiger partial charge in [-0.3, -0.25) is 4.79 Å². The fourth-order valence-electron chi connectivity index (χ4n) is 2.77. The van der Waals surface area contributed by atoms with Crippen LogP contribution in [0.3, 0.4) is 0 Å². The van der Waals surface area contributed by atoms with E-state index in [1.54, 1.807) is 20.8 Å². The summed E-state index contributed by atoms with van der Waals surface area (Å²) in [5.74, 6) is -4.01. The first-order valence-corrected chi connectivity index (χ1v) is 10.7. The number of rotatable bonds is 7. The Morgan fingerprint density at radius 3 is 2.39 bits per heavy atom. The molecule has 0 saturated heterocycles. The number of nitrogens with one attached hydrogen (secondary N) is 2. The van der Waals surface area contributed by atoms with Crippen LogP contribution in [0.25, 0.3) is 0 Å². The van der Waals surface area contributed by atoms with Crippen LogP contribution in [-0.4, -0.2) is 24.1 Å². The van der Waals surface area contributed by atoms with Crippen LogP contribution in [0.15, 0.2) is 36.4 Å². The van der Waals surface area contributed by atoms with Crippen LogP contribution >= 0.6 is 23.2 Å². The first-order chi connectivity index (χ1) is 15.3. The minimum absolute atomic E-state index is 0.0386. The van der Waals surface area contributed by atoms with Crippen molar-refractivity contribution in [2.24, 2.45) is 0 Å². The van der Waals surface area contributed by atoms with E-state index >= 15 is 0 Å². The molecule has 0 bridgehead atoms. The standard InChI is InChI=1S/C23H23Cl2F2N3O3/c1-22(2,3)30-21(32)33-10-4-9-23(26,27)17-12-14(5-7-19(17)25)20(31)29-16-6-8-18(24)15(11-16)13-28/h5-8,11-12H,4,9-10H2,1-3H3,(H,29,31)(H,30,32). The van der Waals surface area contributed by atoms with Gasteiger partial charge in [-0.15, -0.1) is 0 Å². The summed E-state index contributed by atoms with van der Waals surface area (Å²) in [6.07, 6.45) is -1.44. The van der Waals surface area contributed by atoms with Gasteiger partial charge in [0.2, 0.25) is 0 Å². The Kier molecular flexibility index (Phi) is 8.64. The van der Waals surface area contributed by atoms with E-state index in [1.165, 1.54) is 30.3 Å². The Morgan fingerprint density at radius 2 is 1.76 bits per heavy atom. The third-order valence-electron chi connectivity index (χ3n) is 4.31. The van der Waals surface area contributed by atoms with Crippen LogP contribution in [0.5, 0.6) is 0 Å². The number of nitrogens with zero attached hydrogens (tertiary/aromatic N) is 1. The lowest BCUT2D eigenvalue weighted by atomic mass is 10.0. The lowest BCUT2D eigenvalue weighted by Crippen LogP contribution is -2.41. The highest BCUT2D eigenvalue weighted by molar-refractivity contribution is 6.32. The third kappa shape index (κ3) is 7.88. The molecule has 0 heterocycles. The number of alkyl carbamates (subject to hydrolysis) is 1. The van der Waals surface area contributed by atoms with Gasteiger partial charge < -0.3 is 15.4 Å². The zero-order chi connectivity index (χ0) is 24.8. The highest BCUT2D eigenvalue weighted by atomic mass is 35.5. The normalized spacial score (nSPS) is 11.5. The molecule has 0 radical (unpaired) electrons. The summed E-state index contributed by atoms with van der Waals surface area (Å²) in [5, 5.41) is 14.2. The molecule has 0 unspecified atom stereocenters. The van der Waals surface area contributed by atoms with Crippen molar-refractivity contribution in [2.45, 2.75) is 45.1 Å². The minimum atomic E-state index is -3.36. The number of ether oxygens (including phenoxy) is 1. The summed E-state index contributed by atoms with van der Waals surface area (Å²) >= 11 is 11.9. The maximum absolute atomic E-state index is 14.8. The monoisotopic (exact) mass is 497 g/mol. The first kappa shape index (κ1) is 26.4. The van der Waals surface area contributed by atoms with Crippen molar-refractivity contribution in [1.82, 2.24) is 5.32 Å². The summed E-state index contributed by atoms with van der Waals surface area (Å²) in [7, 11) is 0. The molecule has 6 nitrogen and oxygen atoms in total. The Morgan fingerprint density at radius 1 is 1.09 bits per heavy atom. The molecule has 176 valence electrons. The van der Waals surface area contributed by atoms with Crippen molar-refractivity contribution in [2.75, 3.05) is 11.9 Å². The summed E-state index contributed by atoms with van der Waals surface area (Å²) < 4.78 is 34.5. The van der Waals surface area contributed by atoms with Crippen molar-refractivity contribution in [3.8, 4) is 6.07 Å². The second kappa shape index (κ2) is 10.8. The van der Waals surface area contributed by atoms with Crippen LogP contribution in [0.2, 0.25) is 10.0 Å². The van der Waals surface area contributed by atoms with E-state index in [0.717, 1.165) is 6.07 Å². The molecule has 10 heteroatoms. The van der Waals surface area contributed by atoms with Gasteiger partial charge >= 0.3 is 6.09 Å². The van der Waals surface area contributed by atoms with Gasteiger partial charge in [-0.25, -0.2) is 13.6 Å². The molecule has 2 amide bonds.